The molecule has 0 amide bonds. The Labute approximate surface area is 276 Å². The molecule has 2 atom stereocenters. The number of benzene rings is 2. The van der Waals surface area contributed by atoms with Gasteiger partial charge in [-0.1, -0.05) is 82.5 Å². The Morgan fingerprint density at radius 1 is 1.00 bits per heavy atom. The summed E-state index contributed by atoms with van der Waals surface area (Å²) in [6, 6.07) is 17.0. The maximum atomic E-state index is 13.5. The zero-order chi connectivity index (χ0) is 30.0. The topological polar surface area (TPSA) is 87.6 Å². The van der Waals surface area contributed by atoms with E-state index in [0.717, 1.165) is 54.4 Å². The molecule has 0 bridgehead atoms. The first-order valence-electron chi connectivity index (χ1n) is 14.8. The summed E-state index contributed by atoms with van der Waals surface area (Å²) in [5.74, 6) is -0.0512. The highest BCUT2D eigenvalue weighted by molar-refractivity contribution is 6.99. The van der Waals surface area contributed by atoms with Gasteiger partial charge in [0.25, 0.3) is 12.1 Å². The van der Waals surface area contributed by atoms with Crippen molar-refractivity contribution >= 4 is 29.2 Å². The molecular formula is C33H42IN3O5S. The Morgan fingerprint density at radius 3 is 2.49 bits per heavy atom. The minimum atomic E-state index is -0.544. The minimum Gasteiger partial charge on any atom is -1.00 e. The second-order valence-corrected chi connectivity index (χ2v) is 11.8. The molecule has 232 valence electrons. The van der Waals surface area contributed by atoms with E-state index in [1.165, 1.54) is 12.8 Å². The highest BCUT2D eigenvalue weighted by Gasteiger charge is 2.40. The number of carbonyl (C=O) groups excluding carboxylic acids is 2. The molecule has 0 saturated carbocycles. The number of aromatic nitrogens is 2. The van der Waals surface area contributed by atoms with Crippen LogP contribution in [0.5, 0.6) is 11.6 Å². The van der Waals surface area contributed by atoms with Crippen molar-refractivity contribution in [2.45, 2.75) is 65.5 Å². The minimum absolute atomic E-state index is 0. The normalized spacial score (nSPS) is 17.0. The van der Waals surface area contributed by atoms with Crippen LogP contribution in [0.1, 0.15) is 75.9 Å². The number of hydrogen-bond donors (Lipinski definition) is 0. The van der Waals surface area contributed by atoms with Crippen LogP contribution in [-0.4, -0.2) is 51.9 Å². The fraction of sp³-hybridized carbons (Fsp3) is 0.455. The Bertz CT molecular complexity index is 1360. The smallest absolute Gasteiger partial charge is 0.315 e. The number of esters is 2. The molecule has 10 heteroatoms. The molecule has 0 aliphatic carbocycles. The number of rotatable bonds is 14. The van der Waals surface area contributed by atoms with Gasteiger partial charge >= 0.3 is 11.9 Å². The van der Waals surface area contributed by atoms with Crippen LogP contribution in [0.25, 0.3) is 5.57 Å². The average Bonchev–Trinajstić information content (AvgIpc) is 3.46. The number of quaternary nitrogens is 1. The van der Waals surface area contributed by atoms with Crippen LogP contribution < -0.4 is 33.5 Å². The van der Waals surface area contributed by atoms with Crippen LogP contribution in [-0.2, 0) is 20.7 Å². The van der Waals surface area contributed by atoms with Gasteiger partial charge in [0.2, 0.25) is 0 Å². The van der Waals surface area contributed by atoms with Crippen LogP contribution in [0.2, 0.25) is 0 Å². The summed E-state index contributed by atoms with van der Waals surface area (Å²) in [6.45, 7) is 7.75. The maximum Gasteiger partial charge on any atom is 0.315 e. The van der Waals surface area contributed by atoms with E-state index in [4.69, 9.17) is 14.2 Å². The van der Waals surface area contributed by atoms with Gasteiger partial charge < -0.3 is 38.2 Å². The molecule has 0 N–H and O–H groups in total. The van der Waals surface area contributed by atoms with Crippen LogP contribution in [0.4, 0.5) is 0 Å². The summed E-state index contributed by atoms with van der Waals surface area (Å²) in [7, 11) is 2.11. The summed E-state index contributed by atoms with van der Waals surface area (Å²) in [5, 5.41) is 0. The van der Waals surface area contributed by atoms with Crippen molar-refractivity contribution < 1.29 is 52.3 Å². The van der Waals surface area contributed by atoms with E-state index < -0.39 is 12.2 Å². The number of unbranched alkanes of at least 4 members (excludes halogenated alkanes) is 3. The number of ether oxygens (including phenoxy) is 3. The number of hydrogen-bond acceptors (Lipinski definition) is 8. The average molecular weight is 720 g/mol. The molecule has 0 fully saturated rings. The molecule has 2 aromatic carbocycles. The zero-order valence-corrected chi connectivity index (χ0v) is 28.4. The third-order valence-electron chi connectivity index (χ3n) is 7.44. The van der Waals surface area contributed by atoms with Crippen molar-refractivity contribution in [3.63, 3.8) is 0 Å². The number of para-hydroxylation sites is 1. The first-order chi connectivity index (χ1) is 20.3. The lowest BCUT2D eigenvalue weighted by Crippen LogP contribution is -3.00. The summed E-state index contributed by atoms with van der Waals surface area (Å²) < 4.78 is 27.4. The van der Waals surface area contributed by atoms with E-state index in [9.17, 15) is 9.59 Å². The molecule has 0 radical (unpaired) electrons. The SMILES string of the molecule is CCCCCCOc1nsnc1C1=CCC[N+](C)(C(OC(=O)Cc2ccccc2OC(=O)C(C)C)c2ccccc2)C1.[I-]. The lowest BCUT2D eigenvalue weighted by atomic mass is 10.0. The van der Waals surface area contributed by atoms with Crippen LogP contribution in [0, 0.1) is 5.92 Å². The van der Waals surface area contributed by atoms with Gasteiger partial charge in [-0.2, -0.15) is 4.37 Å². The summed E-state index contributed by atoms with van der Waals surface area (Å²) in [4.78, 5) is 25.7. The Balaban J connectivity index is 0.00000506. The van der Waals surface area contributed by atoms with E-state index in [1.54, 1.807) is 32.0 Å². The van der Waals surface area contributed by atoms with Crippen LogP contribution in [0.3, 0.4) is 0 Å². The highest BCUT2D eigenvalue weighted by atomic mass is 127. The lowest BCUT2D eigenvalue weighted by Gasteiger charge is -2.42. The molecule has 2 unspecified atom stereocenters. The van der Waals surface area contributed by atoms with Crippen molar-refractivity contribution in [1.29, 1.82) is 0 Å². The second-order valence-electron chi connectivity index (χ2n) is 11.3. The fourth-order valence-electron chi connectivity index (χ4n) is 5.08. The molecule has 2 heterocycles. The Morgan fingerprint density at radius 2 is 1.74 bits per heavy atom. The molecule has 43 heavy (non-hydrogen) atoms. The van der Waals surface area contributed by atoms with Gasteiger partial charge in [0.05, 0.1) is 49.8 Å². The van der Waals surface area contributed by atoms with E-state index in [0.29, 0.717) is 34.8 Å². The number of nitrogens with zero attached hydrogens (tertiary/aromatic N) is 3. The third kappa shape index (κ3) is 9.58. The van der Waals surface area contributed by atoms with E-state index in [2.05, 4.69) is 28.8 Å². The molecule has 3 aromatic rings. The lowest BCUT2D eigenvalue weighted by molar-refractivity contribution is -0.953. The summed E-state index contributed by atoms with van der Waals surface area (Å²) in [5.41, 5.74) is 3.35. The van der Waals surface area contributed by atoms with Gasteiger partial charge in [-0.3, -0.25) is 14.1 Å². The fourth-order valence-corrected chi connectivity index (χ4v) is 5.61. The van der Waals surface area contributed by atoms with Gasteiger partial charge in [0.15, 0.2) is 0 Å². The zero-order valence-electron chi connectivity index (χ0n) is 25.5. The standard InChI is InChI=1S/C33H42N3O5S.HI/c1-5-6-7-13-21-39-31-30(34-42-35-31)27-18-14-20-36(4,23-27)32(25-15-9-8-10-16-25)41-29(37)22-26-17-11-12-19-28(26)40-33(38)24(2)3;/h8-12,15-19,24,32H,5-7,13-14,20-23H2,1-4H3;1H/q+1;/p-1. The molecule has 0 saturated heterocycles. The van der Waals surface area contributed by atoms with E-state index >= 15 is 0 Å². The first kappa shape index (κ1) is 34.7. The van der Waals surface area contributed by atoms with Crippen LogP contribution in [0.15, 0.2) is 60.7 Å². The summed E-state index contributed by atoms with van der Waals surface area (Å²) in [6.07, 6.45) is 6.94. The monoisotopic (exact) mass is 719 g/mol. The molecule has 1 aliphatic heterocycles. The van der Waals surface area contributed by atoms with E-state index in [1.807, 2.05) is 36.4 Å². The van der Waals surface area contributed by atoms with Gasteiger partial charge in [0, 0.05) is 17.6 Å². The van der Waals surface area contributed by atoms with E-state index in [-0.39, 0.29) is 42.3 Å². The number of halogens is 1. The highest BCUT2D eigenvalue weighted by Crippen LogP contribution is 2.37. The van der Waals surface area contributed by atoms with Crippen LogP contribution >= 0.6 is 11.7 Å². The quantitative estimate of drug-likeness (QED) is 0.0825. The molecule has 0 spiro atoms. The van der Waals surface area contributed by atoms with Crippen molar-refractivity contribution in [3.05, 3.63) is 77.5 Å². The molecule has 1 aromatic heterocycles. The van der Waals surface area contributed by atoms with Gasteiger partial charge in [0.1, 0.15) is 18.0 Å². The van der Waals surface area contributed by atoms with Crippen molar-refractivity contribution in [1.82, 2.24) is 8.75 Å². The molecule has 1 aliphatic rings. The predicted octanol–water partition coefficient (Wildman–Crippen LogP) is 3.78. The van der Waals surface area contributed by atoms with Gasteiger partial charge in [-0.15, -0.1) is 4.37 Å². The van der Waals surface area contributed by atoms with Crippen molar-refractivity contribution in [3.8, 4) is 11.6 Å². The predicted molar refractivity (Wildman–Crippen MR) is 164 cm³/mol. The Hall–Kier alpha value is -2.83. The maximum absolute atomic E-state index is 13.5. The van der Waals surface area contributed by atoms with Gasteiger partial charge in [-0.25, -0.2) is 0 Å². The second kappa shape index (κ2) is 16.9. The number of likely N-dealkylation sites (N-methyl/N-ethyl adjacent to an activating group) is 1. The van der Waals surface area contributed by atoms with Crippen molar-refractivity contribution in [2.24, 2.45) is 5.92 Å². The van der Waals surface area contributed by atoms with Gasteiger partial charge in [-0.05, 0) is 24.6 Å². The third-order valence-corrected chi connectivity index (χ3v) is 7.96. The molecular weight excluding hydrogens is 677 g/mol. The van der Waals surface area contributed by atoms with Crippen molar-refractivity contribution in [2.75, 3.05) is 26.7 Å². The molecule has 8 nitrogen and oxygen atoms in total. The summed E-state index contributed by atoms with van der Waals surface area (Å²) >= 11 is 1.16. The number of carbonyl (C=O) groups is 2. The molecule has 4 rings (SSSR count). The Kier molecular flexibility index (Phi) is 13.6. The largest absolute Gasteiger partial charge is 1.00 e. The first-order valence-corrected chi connectivity index (χ1v) is 15.6.